The van der Waals surface area contributed by atoms with E-state index in [1.54, 1.807) is 0 Å². The highest BCUT2D eigenvalue weighted by Gasteiger charge is 2.37. The lowest BCUT2D eigenvalue weighted by Gasteiger charge is -2.41. The highest BCUT2D eigenvalue weighted by molar-refractivity contribution is 7.82. The summed E-state index contributed by atoms with van der Waals surface area (Å²) in [5, 5.41) is 0.666. The summed E-state index contributed by atoms with van der Waals surface area (Å²) in [5.41, 5.74) is 1.00. The van der Waals surface area contributed by atoms with Crippen molar-refractivity contribution in [3.8, 4) is 0 Å². The Morgan fingerprint density at radius 1 is 1.35 bits per heavy atom. The van der Waals surface area contributed by atoms with Crippen molar-refractivity contribution in [2.24, 2.45) is 0 Å². The van der Waals surface area contributed by atoms with Crippen LogP contribution in [0, 0.1) is 0 Å². The molecule has 26 heavy (non-hydrogen) atoms. The average molecular weight is 399 g/mol. The minimum atomic E-state index is -1.07. The summed E-state index contributed by atoms with van der Waals surface area (Å²) in [7, 11) is -1.07. The highest BCUT2D eigenvalue weighted by Crippen LogP contribution is 2.30. The van der Waals surface area contributed by atoms with Crippen LogP contribution in [-0.4, -0.2) is 56.9 Å². The summed E-state index contributed by atoms with van der Waals surface area (Å²) in [5.74, 6) is 0.450. The predicted octanol–water partition coefficient (Wildman–Crippen LogP) is 3.17. The van der Waals surface area contributed by atoms with Gasteiger partial charge in [0.1, 0.15) is 6.61 Å². The Morgan fingerprint density at radius 2 is 2.08 bits per heavy atom. The highest BCUT2D eigenvalue weighted by atomic mass is 35.5. The Bertz CT molecular complexity index is 655. The van der Waals surface area contributed by atoms with Crippen molar-refractivity contribution < 1.29 is 13.7 Å². The molecule has 2 heterocycles. The molecule has 5 nitrogen and oxygen atoms in total. The second-order valence-electron chi connectivity index (χ2n) is 7.07. The zero-order valence-corrected chi connectivity index (χ0v) is 17.0. The normalized spacial score (nSPS) is 26.9. The number of carbonyl (C=O) groups excluding carboxylic acids is 1. The Hall–Kier alpha value is -0.950. The first-order valence-corrected chi connectivity index (χ1v) is 11.0. The number of hydrogen-bond acceptors (Lipinski definition) is 3. The molecule has 0 aliphatic carbocycles. The van der Waals surface area contributed by atoms with Gasteiger partial charge < -0.3 is 9.64 Å². The van der Waals surface area contributed by atoms with Gasteiger partial charge in [-0.25, -0.2) is 8.51 Å². The Labute approximate surface area is 163 Å². The van der Waals surface area contributed by atoms with E-state index in [1.165, 1.54) is 0 Å². The number of halogens is 1. The number of carbonyl (C=O) groups is 1. The fourth-order valence-corrected chi connectivity index (χ4v) is 5.73. The monoisotopic (exact) mass is 398 g/mol. The van der Waals surface area contributed by atoms with E-state index >= 15 is 0 Å². The van der Waals surface area contributed by atoms with E-state index in [9.17, 15) is 9.00 Å². The zero-order chi connectivity index (χ0) is 18.7. The second-order valence-corrected chi connectivity index (χ2v) is 8.95. The Kier molecular flexibility index (Phi) is 6.72. The Morgan fingerprint density at radius 3 is 2.69 bits per heavy atom. The molecule has 7 heteroatoms. The quantitative estimate of drug-likeness (QED) is 0.739. The topological polar surface area (TPSA) is 49.9 Å². The van der Waals surface area contributed by atoms with Crippen LogP contribution >= 0.6 is 11.6 Å². The molecule has 2 aliphatic rings. The third kappa shape index (κ3) is 4.30. The lowest BCUT2D eigenvalue weighted by Crippen LogP contribution is -2.52. The minimum absolute atomic E-state index is 0.0329. The number of nitrogens with zero attached hydrogens (tertiary/aromatic N) is 2. The minimum Gasteiger partial charge on any atom is -0.369 e. The van der Waals surface area contributed by atoms with Gasteiger partial charge in [-0.15, -0.1) is 0 Å². The maximum absolute atomic E-state index is 12.9. The van der Waals surface area contributed by atoms with Crippen LogP contribution in [-0.2, 0) is 20.5 Å². The number of benzene rings is 1. The van der Waals surface area contributed by atoms with Crippen LogP contribution in [0.25, 0.3) is 0 Å². The van der Waals surface area contributed by atoms with E-state index in [0.29, 0.717) is 23.4 Å². The molecule has 144 valence electrons. The van der Waals surface area contributed by atoms with Gasteiger partial charge in [0.05, 0.1) is 29.4 Å². The Balaban J connectivity index is 1.79. The molecular weight excluding hydrogens is 372 g/mol. The standard InChI is InChI=1S/C19H27ClN2O3S/c1-3-17(13-26(24)21-10-4-5-14(21)2)22-18(11-25-12-19(22)23)15-6-8-16(20)9-7-15/h6-9,14,17-18H,3-5,10-13H2,1-2H3/t14?,17-,18-,26?/m0/s1. The molecule has 0 bridgehead atoms. The van der Waals surface area contributed by atoms with Crippen LogP contribution in [0.4, 0.5) is 0 Å². The number of morpholine rings is 1. The number of hydrogen-bond donors (Lipinski definition) is 0. The summed E-state index contributed by atoms with van der Waals surface area (Å²) >= 11 is 6.00. The molecule has 2 unspecified atom stereocenters. The van der Waals surface area contributed by atoms with Gasteiger partial charge in [-0.2, -0.15) is 0 Å². The van der Waals surface area contributed by atoms with E-state index in [0.717, 1.165) is 31.4 Å². The van der Waals surface area contributed by atoms with E-state index in [2.05, 4.69) is 18.2 Å². The van der Waals surface area contributed by atoms with Gasteiger partial charge in [0, 0.05) is 23.7 Å². The van der Waals surface area contributed by atoms with Crippen LogP contribution in [0.15, 0.2) is 24.3 Å². The molecule has 3 rings (SSSR count). The van der Waals surface area contributed by atoms with E-state index in [4.69, 9.17) is 16.3 Å². The average Bonchev–Trinajstić information content (AvgIpc) is 3.06. The lowest BCUT2D eigenvalue weighted by molar-refractivity contribution is -0.151. The molecule has 0 aromatic heterocycles. The molecule has 1 aromatic carbocycles. The van der Waals surface area contributed by atoms with Gasteiger partial charge in [0.15, 0.2) is 0 Å². The fourth-order valence-electron chi connectivity index (χ4n) is 3.85. The van der Waals surface area contributed by atoms with Crippen LogP contribution in [0.5, 0.6) is 0 Å². The number of amides is 1. The summed E-state index contributed by atoms with van der Waals surface area (Å²) in [6.45, 7) is 5.60. The van der Waals surface area contributed by atoms with Crippen molar-refractivity contribution in [3.05, 3.63) is 34.9 Å². The molecule has 0 N–H and O–H groups in total. The van der Waals surface area contributed by atoms with Gasteiger partial charge in [0.25, 0.3) is 0 Å². The third-order valence-corrected chi connectivity index (χ3v) is 7.32. The molecule has 0 spiro atoms. The van der Waals surface area contributed by atoms with Gasteiger partial charge >= 0.3 is 0 Å². The maximum Gasteiger partial charge on any atom is 0.249 e. The van der Waals surface area contributed by atoms with Crippen LogP contribution in [0.1, 0.15) is 44.7 Å². The molecule has 0 saturated carbocycles. The maximum atomic E-state index is 12.9. The molecule has 1 amide bonds. The van der Waals surface area contributed by atoms with Crippen molar-refractivity contribution in [2.75, 3.05) is 25.5 Å². The predicted molar refractivity (Wildman–Crippen MR) is 104 cm³/mol. The van der Waals surface area contributed by atoms with Gasteiger partial charge in [0.2, 0.25) is 5.91 Å². The van der Waals surface area contributed by atoms with Crippen LogP contribution in [0.3, 0.4) is 0 Å². The van der Waals surface area contributed by atoms with Gasteiger partial charge in [-0.1, -0.05) is 30.7 Å². The fraction of sp³-hybridized carbons (Fsp3) is 0.632. The smallest absolute Gasteiger partial charge is 0.249 e. The van der Waals surface area contributed by atoms with Gasteiger partial charge in [-0.3, -0.25) is 4.79 Å². The van der Waals surface area contributed by atoms with Crippen LogP contribution < -0.4 is 0 Å². The molecule has 2 saturated heterocycles. The summed E-state index contributed by atoms with van der Waals surface area (Å²) in [6.07, 6.45) is 2.95. The number of ether oxygens (including phenoxy) is 1. The van der Waals surface area contributed by atoms with Gasteiger partial charge in [-0.05, 0) is 43.9 Å². The van der Waals surface area contributed by atoms with Crippen molar-refractivity contribution in [3.63, 3.8) is 0 Å². The van der Waals surface area contributed by atoms with Crippen LogP contribution in [0.2, 0.25) is 5.02 Å². The third-order valence-electron chi connectivity index (χ3n) is 5.33. The molecule has 2 aliphatic heterocycles. The zero-order valence-electron chi connectivity index (χ0n) is 15.4. The SMILES string of the molecule is CC[C@@H](CS(=O)N1CCCC1C)N1C(=O)COC[C@H]1c1ccc(Cl)cc1. The van der Waals surface area contributed by atoms with Crippen molar-refractivity contribution in [2.45, 2.75) is 51.2 Å². The second kappa shape index (κ2) is 8.83. The summed E-state index contributed by atoms with van der Waals surface area (Å²) in [4.78, 5) is 14.6. The summed E-state index contributed by atoms with van der Waals surface area (Å²) in [6, 6.07) is 7.66. The molecule has 4 atom stereocenters. The van der Waals surface area contributed by atoms with Crippen molar-refractivity contribution in [1.82, 2.24) is 9.21 Å². The van der Waals surface area contributed by atoms with Crippen molar-refractivity contribution in [1.29, 1.82) is 0 Å². The summed E-state index contributed by atoms with van der Waals surface area (Å²) < 4.78 is 20.5. The first kappa shape index (κ1) is 19.8. The van der Waals surface area contributed by atoms with Crippen molar-refractivity contribution >= 4 is 28.5 Å². The van der Waals surface area contributed by atoms with E-state index in [-0.39, 0.29) is 24.6 Å². The molecule has 2 fully saturated rings. The largest absolute Gasteiger partial charge is 0.369 e. The first-order chi connectivity index (χ1) is 12.5. The molecular formula is C19H27ClN2O3S. The molecule has 0 radical (unpaired) electrons. The lowest BCUT2D eigenvalue weighted by atomic mass is 10.0. The first-order valence-electron chi connectivity index (χ1n) is 9.30. The number of rotatable bonds is 6. The molecule has 1 aromatic rings. The van der Waals surface area contributed by atoms with E-state index < -0.39 is 11.0 Å². The van der Waals surface area contributed by atoms with E-state index in [1.807, 2.05) is 29.2 Å².